The first-order valence-electron chi connectivity index (χ1n) is 8.09. The number of carbonyl (C=O) groups is 2. The Kier molecular flexibility index (Phi) is 8.66. The summed E-state index contributed by atoms with van der Waals surface area (Å²) in [7, 11) is 0. The number of alkyl carbamates (subject to hydrolysis) is 1. The number of hydrogen-bond acceptors (Lipinski definition) is 4. The number of rotatable bonds is 9. The lowest BCUT2D eigenvalue weighted by atomic mass is 10.0. The molecule has 0 radical (unpaired) electrons. The largest absolute Gasteiger partial charge is 0.481 e. The Morgan fingerprint density at radius 2 is 1.96 bits per heavy atom. The molecule has 0 heterocycles. The van der Waals surface area contributed by atoms with Crippen molar-refractivity contribution in [2.24, 2.45) is 5.92 Å². The van der Waals surface area contributed by atoms with Crippen LogP contribution in [-0.2, 0) is 9.53 Å². The maximum Gasteiger partial charge on any atom is 0.407 e. The van der Waals surface area contributed by atoms with Gasteiger partial charge in [0.25, 0.3) is 5.91 Å². The number of halogens is 2. The molecule has 2 N–H and O–H groups in total. The van der Waals surface area contributed by atoms with E-state index >= 15 is 0 Å². The third-order valence-electron chi connectivity index (χ3n) is 3.15. The molecule has 25 heavy (non-hydrogen) atoms. The predicted octanol–water partition coefficient (Wildman–Crippen LogP) is 2.62. The first kappa shape index (κ1) is 20.7. The highest BCUT2D eigenvalue weighted by Crippen LogP contribution is 2.17. The van der Waals surface area contributed by atoms with Crippen LogP contribution in [0.2, 0.25) is 0 Å². The van der Waals surface area contributed by atoms with E-state index in [1.54, 1.807) is 6.92 Å². The van der Waals surface area contributed by atoms with E-state index in [4.69, 9.17) is 9.47 Å². The maximum absolute atomic E-state index is 13.4. The van der Waals surface area contributed by atoms with Crippen molar-refractivity contribution < 1.29 is 27.8 Å². The first-order chi connectivity index (χ1) is 11.8. The predicted molar refractivity (Wildman–Crippen MR) is 88.3 cm³/mol. The number of hydrogen-bond donors (Lipinski definition) is 2. The van der Waals surface area contributed by atoms with Crippen molar-refractivity contribution in [3.63, 3.8) is 0 Å². The van der Waals surface area contributed by atoms with Crippen molar-refractivity contribution >= 4 is 12.0 Å². The highest BCUT2D eigenvalue weighted by Gasteiger charge is 2.16. The van der Waals surface area contributed by atoms with Crippen molar-refractivity contribution in [3.05, 3.63) is 29.8 Å². The summed E-state index contributed by atoms with van der Waals surface area (Å²) in [5.41, 5.74) is 0. The van der Waals surface area contributed by atoms with Gasteiger partial charge in [-0.15, -0.1) is 0 Å². The second-order valence-electron chi connectivity index (χ2n) is 5.86. The van der Waals surface area contributed by atoms with Crippen LogP contribution in [-0.4, -0.2) is 37.8 Å². The molecule has 8 heteroatoms. The highest BCUT2D eigenvalue weighted by atomic mass is 19.1. The third-order valence-corrected chi connectivity index (χ3v) is 3.15. The molecule has 0 bridgehead atoms. The molecule has 2 amide bonds. The van der Waals surface area contributed by atoms with Gasteiger partial charge in [0.2, 0.25) is 0 Å². The molecule has 0 saturated carbocycles. The highest BCUT2D eigenvalue weighted by molar-refractivity contribution is 5.77. The fourth-order valence-electron chi connectivity index (χ4n) is 2.13. The zero-order chi connectivity index (χ0) is 18.8. The molecule has 140 valence electrons. The lowest BCUT2D eigenvalue weighted by Crippen LogP contribution is -2.45. The van der Waals surface area contributed by atoms with Gasteiger partial charge in [-0.25, -0.2) is 13.6 Å². The maximum atomic E-state index is 13.4. The fourth-order valence-corrected chi connectivity index (χ4v) is 2.13. The Hall–Kier alpha value is -2.38. The average Bonchev–Trinajstić information content (AvgIpc) is 2.51. The quantitative estimate of drug-likeness (QED) is 0.711. The van der Waals surface area contributed by atoms with Gasteiger partial charge in [-0.05, 0) is 31.4 Å². The lowest BCUT2D eigenvalue weighted by Gasteiger charge is -2.20. The van der Waals surface area contributed by atoms with Crippen molar-refractivity contribution in [2.75, 3.05) is 19.8 Å². The molecule has 1 aromatic carbocycles. The SMILES string of the molecule is CCOC(=O)NC(CNC(=O)COc1ccc(F)cc1F)CC(C)C. The van der Waals surface area contributed by atoms with Crippen molar-refractivity contribution in [2.45, 2.75) is 33.2 Å². The van der Waals surface area contributed by atoms with Crippen LogP contribution in [0.4, 0.5) is 13.6 Å². The van der Waals surface area contributed by atoms with E-state index in [1.807, 2.05) is 13.8 Å². The average molecular weight is 358 g/mol. The summed E-state index contributed by atoms with van der Waals surface area (Å²) in [5.74, 6) is -2.00. The monoisotopic (exact) mass is 358 g/mol. The molecule has 0 aromatic heterocycles. The van der Waals surface area contributed by atoms with Crippen LogP contribution < -0.4 is 15.4 Å². The second-order valence-corrected chi connectivity index (χ2v) is 5.86. The van der Waals surface area contributed by atoms with Gasteiger partial charge >= 0.3 is 6.09 Å². The van der Waals surface area contributed by atoms with E-state index in [-0.39, 0.29) is 24.9 Å². The zero-order valence-corrected chi connectivity index (χ0v) is 14.6. The molecule has 0 saturated heterocycles. The summed E-state index contributed by atoms with van der Waals surface area (Å²) >= 11 is 0. The van der Waals surface area contributed by atoms with Gasteiger partial charge in [-0.3, -0.25) is 4.79 Å². The van der Waals surface area contributed by atoms with E-state index in [0.717, 1.165) is 12.1 Å². The molecule has 0 aliphatic heterocycles. The zero-order valence-electron chi connectivity index (χ0n) is 14.6. The van der Waals surface area contributed by atoms with Gasteiger partial charge in [0.05, 0.1) is 6.61 Å². The van der Waals surface area contributed by atoms with E-state index in [9.17, 15) is 18.4 Å². The van der Waals surface area contributed by atoms with Crippen LogP contribution in [0.3, 0.4) is 0 Å². The normalized spacial score (nSPS) is 11.8. The van der Waals surface area contributed by atoms with Gasteiger partial charge in [0.1, 0.15) is 5.82 Å². The van der Waals surface area contributed by atoms with Crippen LogP contribution >= 0.6 is 0 Å². The number of amides is 2. The van der Waals surface area contributed by atoms with Crippen molar-refractivity contribution in [1.29, 1.82) is 0 Å². The van der Waals surface area contributed by atoms with Crippen LogP contribution in [0.5, 0.6) is 5.75 Å². The smallest absolute Gasteiger partial charge is 0.407 e. The standard InChI is InChI=1S/C17H24F2N2O4/c1-4-24-17(23)21-13(7-11(2)3)9-20-16(22)10-25-15-6-5-12(18)8-14(15)19/h5-6,8,11,13H,4,7,9-10H2,1-3H3,(H,20,22)(H,21,23). The fraction of sp³-hybridized carbons (Fsp3) is 0.529. The molecule has 6 nitrogen and oxygen atoms in total. The Balaban J connectivity index is 2.46. The molecule has 0 fully saturated rings. The van der Waals surface area contributed by atoms with Crippen LogP contribution in [0, 0.1) is 17.6 Å². The number of carbonyl (C=O) groups excluding carboxylic acids is 2. The summed E-state index contributed by atoms with van der Waals surface area (Å²) in [6, 6.07) is 2.53. The minimum Gasteiger partial charge on any atom is -0.481 e. The van der Waals surface area contributed by atoms with Crippen molar-refractivity contribution in [1.82, 2.24) is 10.6 Å². The number of benzene rings is 1. The lowest BCUT2D eigenvalue weighted by molar-refractivity contribution is -0.123. The minimum absolute atomic E-state index is 0.186. The summed E-state index contributed by atoms with van der Waals surface area (Å²) in [4.78, 5) is 23.3. The Bertz CT molecular complexity index is 582. The number of ether oxygens (including phenoxy) is 2. The molecule has 1 rings (SSSR count). The molecular formula is C17H24F2N2O4. The Morgan fingerprint density at radius 1 is 1.24 bits per heavy atom. The van der Waals surface area contributed by atoms with Crippen LogP contribution in [0.15, 0.2) is 18.2 Å². The Morgan fingerprint density at radius 3 is 2.56 bits per heavy atom. The molecule has 1 aromatic rings. The van der Waals surface area contributed by atoms with Gasteiger partial charge in [0.15, 0.2) is 18.2 Å². The summed E-state index contributed by atoms with van der Waals surface area (Å²) in [6.07, 6.45) is 0.0963. The van der Waals surface area contributed by atoms with Gasteiger partial charge < -0.3 is 20.1 Å². The molecule has 1 unspecified atom stereocenters. The third kappa shape index (κ3) is 8.32. The molecule has 0 aliphatic carbocycles. The van der Waals surface area contributed by atoms with Crippen LogP contribution in [0.1, 0.15) is 27.2 Å². The number of nitrogens with one attached hydrogen (secondary N) is 2. The summed E-state index contributed by atoms with van der Waals surface area (Å²) in [6.45, 7) is 5.69. The van der Waals surface area contributed by atoms with Gasteiger partial charge in [-0.2, -0.15) is 0 Å². The van der Waals surface area contributed by atoms with Crippen molar-refractivity contribution in [3.8, 4) is 5.75 Å². The van der Waals surface area contributed by atoms with E-state index < -0.39 is 30.2 Å². The van der Waals surface area contributed by atoms with E-state index in [0.29, 0.717) is 18.4 Å². The van der Waals surface area contributed by atoms with E-state index in [2.05, 4.69) is 10.6 Å². The summed E-state index contributed by atoms with van der Waals surface area (Å²) in [5, 5.41) is 5.28. The van der Waals surface area contributed by atoms with Gasteiger partial charge in [0, 0.05) is 18.7 Å². The van der Waals surface area contributed by atoms with Crippen LogP contribution in [0.25, 0.3) is 0 Å². The topological polar surface area (TPSA) is 76.7 Å². The summed E-state index contributed by atoms with van der Waals surface area (Å²) < 4.78 is 36.1. The molecule has 0 spiro atoms. The Labute approximate surface area is 145 Å². The molecule has 1 atom stereocenters. The molecular weight excluding hydrogens is 334 g/mol. The van der Waals surface area contributed by atoms with E-state index in [1.165, 1.54) is 0 Å². The second kappa shape index (κ2) is 10.5. The minimum atomic E-state index is -0.880. The first-order valence-corrected chi connectivity index (χ1v) is 8.09. The van der Waals surface area contributed by atoms with Gasteiger partial charge in [-0.1, -0.05) is 13.8 Å². The molecule has 0 aliphatic rings.